The fourth-order valence-electron chi connectivity index (χ4n) is 1.55. The quantitative estimate of drug-likeness (QED) is 0.398. The zero-order chi connectivity index (χ0) is 15.3. The lowest BCUT2D eigenvalue weighted by molar-refractivity contribution is 0.0123. The number of halogens is 1. The maximum absolute atomic E-state index is 5.49. The fourth-order valence-corrected chi connectivity index (χ4v) is 1.76. The summed E-state index contributed by atoms with van der Waals surface area (Å²) in [5.74, 6) is 0. The number of hydrogen-bond acceptors (Lipinski definition) is 5. The maximum atomic E-state index is 5.49. The largest absolute Gasteiger partial charge is 0.379 e. The van der Waals surface area contributed by atoms with Crippen molar-refractivity contribution in [2.45, 2.75) is 38.1 Å². The van der Waals surface area contributed by atoms with Gasteiger partial charge < -0.3 is 14.2 Å². The Morgan fingerprint density at radius 3 is 2.29 bits per heavy atom. The van der Waals surface area contributed by atoms with Gasteiger partial charge in [0.15, 0.2) is 0 Å². The van der Waals surface area contributed by atoms with Gasteiger partial charge in [-0.1, -0.05) is 34.5 Å². The second-order valence-electron chi connectivity index (χ2n) is 4.71. The van der Waals surface area contributed by atoms with Crippen LogP contribution in [0.15, 0.2) is 6.20 Å². The molecule has 0 N–H and O–H groups in total. The Kier molecular flexibility index (Phi) is 10.7. The van der Waals surface area contributed by atoms with Crippen molar-refractivity contribution in [2.24, 2.45) is 0 Å². The van der Waals surface area contributed by atoms with Gasteiger partial charge in [0.25, 0.3) is 0 Å². The van der Waals surface area contributed by atoms with E-state index in [2.05, 4.69) is 33.2 Å². The molecule has 1 aromatic heterocycles. The average molecular weight is 364 g/mol. The van der Waals surface area contributed by atoms with Gasteiger partial charge in [-0.3, -0.25) is 0 Å². The van der Waals surface area contributed by atoms with Gasteiger partial charge >= 0.3 is 0 Å². The first-order valence-corrected chi connectivity index (χ1v) is 8.43. The third-order valence-corrected chi connectivity index (χ3v) is 3.28. The van der Waals surface area contributed by atoms with Gasteiger partial charge in [-0.05, 0) is 13.3 Å². The molecule has 0 spiro atoms. The Hall–Kier alpha value is -0.500. The first-order chi connectivity index (χ1) is 10.2. The maximum Gasteiger partial charge on any atom is 0.0960 e. The first-order valence-electron chi connectivity index (χ1n) is 7.51. The van der Waals surface area contributed by atoms with E-state index in [1.165, 1.54) is 0 Å². The molecule has 6 nitrogen and oxygen atoms in total. The number of rotatable bonds is 13. The van der Waals surface area contributed by atoms with E-state index in [9.17, 15) is 0 Å². The number of nitrogens with zero attached hydrogens (tertiary/aromatic N) is 3. The molecule has 1 unspecified atom stereocenters. The average Bonchev–Trinajstić information content (AvgIpc) is 2.94. The number of hydrogen-bond donors (Lipinski definition) is 0. The van der Waals surface area contributed by atoms with E-state index in [1.807, 2.05) is 13.1 Å². The molecule has 0 aliphatic heterocycles. The molecule has 1 aromatic rings. The highest BCUT2D eigenvalue weighted by molar-refractivity contribution is 9.09. The van der Waals surface area contributed by atoms with Crippen molar-refractivity contribution in [2.75, 3.05) is 39.6 Å². The highest BCUT2D eigenvalue weighted by atomic mass is 79.9. The standard InChI is InChI=1S/C14H26BrN3O3/c1-3-4-6-19-8-10-21-11-9-20-7-5-18-12-14(13(2)15)16-17-18/h12-13H,3-11H2,1-2H3. The zero-order valence-corrected chi connectivity index (χ0v) is 14.5. The van der Waals surface area contributed by atoms with E-state index in [4.69, 9.17) is 14.2 Å². The Balaban J connectivity index is 1.88. The molecule has 122 valence electrons. The summed E-state index contributed by atoms with van der Waals surface area (Å²) in [4.78, 5) is 0.222. The van der Waals surface area contributed by atoms with Crippen LogP contribution in [0.4, 0.5) is 0 Å². The lowest BCUT2D eigenvalue weighted by Crippen LogP contribution is -2.12. The smallest absolute Gasteiger partial charge is 0.0960 e. The summed E-state index contributed by atoms with van der Waals surface area (Å²) in [7, 11) is 0. The second kappa shape index (κ2) is 12.1. The highest BCUT2D eigenvalue weighted by Crippen LogP contribution is 2.17. The molecule has 0 radical (unpaired) electrons. The molecule has 0 saturated carbocycles. The minimum Gasteiger partial charge on any atom is -0.379 e. The van der Waals surface area contributed by atoms with E-state index in [0.717, 1.165) is 25.1 Å². The fraction of sp³-hybridized carbons (Fsp3) is 0.857. The molecule has 21 heavy (non-hydrogen) atoms. The molecule has 0 saturated heterocycles. The number of unbranched alkanes of at least 4 members (excludes halogenated alkanes) is 1. The molecule has 0 fully saturated rings. The summed E-state index contributed by atoms with van der Waals surface area (Å²) in [6.07, 6.45) is 4.20. The van der Waals surface area contributed by atoms with Crippen molar-refractivity contribution in [1.82, 2.24) is 15.0 Å². The molecule has 1 heterocycles. The van der Waals surface area contributed by atoms with E-state index in [0.29, 0.717) is 39.6 Å². The van der Waals surface area contributed by atoms with Crippen molar-refractivity contribution in [3.05, 3.63) is 11.9 Å². The zero-order valence-electron chi connectivity index (χ0n) is 13.0. The molecule has 0 amide bonds. The molecule has 1 atom stereocenters. The Morgan fingerprint density at radius 1 is 1.10 bits per heavy atom. The minimum atomic E-state index is 0.222. The second-order valence-corrected chi connectivity index (χ2v) is 6.09. The van der Waals surface area contributed by atoms with Crippen LogP contribution >= 0.6 is 15.9 Å². The van der Waals surface area contributed by atoms with E-state index >= 15 is 0 Å². The SMILES string of the molecule is CCCCOCCOCCOCCn1cc(C(C)Br)nn1. The summed E-state index contributed by atoms with van der Waals surface area (Å²) >= 11 is 3.46. The summed E-state index contributed by atoms with van der Waals surface area (Å²) in [5, 5.41) is 8.09. The molecule has 0 aromatic carbocycles. The van der Waals surface area contributed by atoms with Crippen LogP contribution in [0.1, 0.15) is 37.2 Å². The lowest BCUT2D eigenvalue weighted by Gasteiger charge is -2.06. The Bertz CT molecular complexity index is 361. The molecular formula is C14H26BrN3O3. The molecule has 7 heteroatoms. The monoisotopic (exact) mass is 363 g/mol. The van der Waals surface area contributed by atoms with Crippen LogP contribution in [0, 0.1) is 0 Å². The van der Waals surface area contributed by atoms with Gasteiger partial charge in [0.2, 0.25) is 0 Å². The van der Waals surface area contributed by atoms with E-state index in [-0.39, 0.29) is 4.83 Å². The van der Waals surface area contributed by atoms with Crippen molar-refractivity contribution < 1.29 is 14.2 Å². The van der Waals surface area contributed by atoms with Gasteiger partial charge in [0.05, 0.1) is 50.1 Å². The van der Waals surface area contributed by atoms with Crippen LogP contribution in [0.5, 0.6) is 0 Å². The highest BCUT2D eigenvalue weighted by Gasteiger charge is 2.05. The van der Waals surface area contributed by atoms with E-state index < -0.39 is 0 Å². The van der Waals surface area contributed by atoms with Gasteiger partial charge in [0, 0.05) is 12.8 Å². The van der Waals surface area contributed by atoms with Gasteiger partial charge in [0.1, 0.15) is 0 Å². The van der Waals surface area contributed by atoms with Crippen molar-refractivity contribution in [3.63, 3.8) is 0 Å². The predicted molar refractivity (Wildman–Crippen MR) is 84.7 cm³/mol. The van der Waals surface area contributed by atoms with Crippen LogP contribution in [0.2, 0.25) is 0 Å². The number of ether oxygens (including phenoxy) is 3. The van der Waals surface area contributed by atoms with E-state index in [1.54, 1.807) is 4.68 Å². The lowest BCUT2D eigenvalue weighted by atomic mass is 10.4. The topological polar surface area (TPSA) is 58.4 Å². The van der Waals surface area contributed by atoms with Crippen molar-refractivity contribution in [3.8, 4) is 0 Å². The third-order valence-electron chi connectivity index (χ3n) is 2.81. The minimum absolute atomic E-state index is 0.222. The van der Waals surface area contributed by atoms with Crippen LogP contribution in [0.3, 0.4) is 0 Å². The van der Waals surface area contributed by atoms with Gasteiger partial charge in [-0.15, -0.1) is 5.10 Å². The molecule has 0 bridgehead atoms. The summed E-state index contributed by atoms with van der Waals surface area (Å²) in [6, 6.07) is 0. The third kappa shape index (κ3) is 9.18. The normalized spacial score (nSPS) is 12.7. The van der Waals surface area contributed by atoms with Gasteiger partial charge in [-0.25, -0.2) is 4.68 Å². The summed E-state index contributed by atoms with van der Waals surface area (Å²) in [6.45, 7) is 8.77. The summed E-state index contributed by atoms with van der Waals surface area (Å²) in [5.41, 5.74) is 0.932. The molecule has 0 aliphatic carbocycles. The molecule has 1 rings (SSSR count). The van der Waals surface area contributed by atoms with Crippen LogP contribution in [-0.4, -0.2) is 54.6 Å². The first kappa shape index (κ1) is 18.5. The van der Waals surface area contributed by atoms with Gasteiger partial charge in [-0.2, -0.15) is 0 Å². The summed E-state index contributed by atoms with van der Waals surface area (Å²) < 4.78 is 18.1. The number of aromatic nitrogens is 3. The van der Waals surface area contributed by atoms with Crippen molar-refractivity contribution >= 4 is 15.9 Å². The molecule has 0 aliphatic rings. The van der Waals surface area contributed by atoms with Crippen LogP contribution in [0.25, 0.3) is 0 Å². The molecular weight excluding hydrogens is 338 g/mol. The van der Waals surface area contributed by atoms with Crippen LogP contribution in [-0.2, 0) is 20.8 Å². The van der Waals surface area contributed by atoms with Crippen molar-refractivity contribution in [1.29, 1.82) is 0 Å². The Labute approximate surface area is 135 Å². The number of alkyl halides is 1. The predicted octanol–water partition coefficient (Wildman–Crippen LogP) is 2.58. The van der Waals surface area contributed by atoms with Crippen LogP contribution < -0.4 is 0 Å². The Morgan fingerprint density at radius 2 is 1.71 bits per heavy atom.